The van der Waals surface area contributed by atoms with Gasteiger partial charge >= 0.3 is 6.36 Å². The van der Waals surface area contributed by atoms with Crippen molar-refractivity contribution in [1.29, 1.82) is 0 Å². The molecule has 0 radical (unpaired) electrons. The summed E-state index contributed by atoms with van der Waals surface area (Å²) in [7, 11) is 5.21. The number of halogens is 3. The number of nitrogens with zero attached hydrogens (tertiary/aromatic N) is 3. The highest BCUT2D eigenvalue weighted by molar-refractivity contribution is 5.58. The molecule has 0 saturated carbocycles. The van der Waals surface area contributed by atoms with E-state index in [4.69, 9.17) is 14.5 Å². The Morgan fingerprint density at radius 3 is 2.38 bits per heavy atom. The molecule has 1 aliphatic heterocycles. The molecule has 0 spiro atoms. The molecule has 9 heteroatoms. The highest BCUT2D eigenvalue weighted by Crippen LogP contribution is 2.31. The average Bonchev–Trinajstić information content (AvgIpc) is 3.09. The highest BCUT2D eigenvalue weighted by atomic mass is 19.4. The summed E-state index contributed by atoms with van der Waals surface area (Å²) in [6.07, 6.45) is -3.93. The molecule has 0 amide bonds. The largest absolute Gasteiger partial charge is 0.573 e. The van der Waals surface area contributed by atoms with Crippen molar-refractivity contribution in [3.63, 3.8) is 0 Å². The quantitative estimate of drug-likeness (QED) is 0.555. The second-order valence-corrected chi connectivity index (χ2v) is 7.60. The van der Waals surface area contributed by atoms with Crippen molar-refractivity contribution in [2.75, 3.05) is 20.8 Å². The van der Waals surface area contributed by atoms with E-state index in [9.17, 15) is 13.2 Å². The topological polar surface area (TPSA) is 48.8 Å². The van der Waals surface area contributed by atoms with Crippen molar-refractivity contribution < 1.29 is 27.4 Å². The van der Waals surface area contributed by atoms with Crippen LogP contribution in [-0.4, -0.2) is 41.6 Å². The summed E-state index contributed by atoms with van der Waals surface area (Å²) in [4.78, 5) is 7.07. The zero-order valence-corrected chi connectivity index (χ0v) is 18.1. The van der Waals surface area contributed by atoms with Gasteiger partial charge in [0.05, 0.1) is 25.6 Å². The zero-order valence-electron chi connectivity index (χ0n) is 18.1. The van der Waals surface area contributed by atoms with Crippen molar-refractivity contribution in [1.82, 2.24) is 14.5 Å². The van der Waals surface area contributed by atoms with E-state index in [1.165, 1.54) is 12.1 Å². The van der Waals surface area contributed by atoms with Gasteiger partial charge in [0.15, 0.2) is 0 Å². The van der Waals surface area contributed by atoms with Gasteiger partial charge in [-0.1, -0.05) is 0 Å². The number of hydrogen-bond acceptors (Lipinski definition) is 5. The molecule has 1 aromatic heterocycles. The van der Waals surface area contributed by atoms with Gasteiger partial charge in [0.1, 0.15) is 23.1 Å². The van der Waals surface area contributed by atoms with Gasteiger partial charge in [-0.15, -0.1) is 13.2 Å². The van der Waals surface area contributed by atoms with Gasteiger partial charge in [-0.2, -0.15) is 0 Å². The smallest absolute Gasteiger partial charge is 0.497 e. The Labute approximate surface area is 184 Å². The number of ether oxygens (including phenoxy) is 3. The minimum atomic E-state index is -4.71. The number of alkyl halides is 3. The first-order chi connectivity index (χ1) is 15.3. The molecule has 0 atom stereocenters. The third-order valence-electron chi connectivity index (χ3n) is 5.56. The Kier molecular flexibility index (Phi) is 6.01. The third-order valence-corrected chi connectivity index (χ3v) is 5.56. The van der Waals surface area contributed by atoms with Crippen molar-refractivity contribution in [2.45, 2.75) is 25.9 Å². The van der Waals surface area contributed by atoms with E-state index in [-0.39, 0.29) is 5.75 Å². The molecular weight excluding hydrogens is 423 g/mol. The summed E-state index contributed by atoms with van der Waals surface area (Å²) < 4.78 is 54.0. The number of benzene rings is 2. The molecule has 170 valence electrons. The molecule has 2 heterocycles. The van der Waals surface area contributed by atoms with Crippen LogP contribution in [0.15, 0.2) is 42.5 Å². The number of imidazole rings is 1. The van der Waals surface area contributed by atoms with E-state index in [2.05, 4.69) is 9.64 Å². The van der Waals surface area contributed by atoms with Crippen LogP contribution in [0, 0.1) is 0 Å². The fourth-order valence-electron chi connectivity index (χ4n) is 3.99. The Morgan fingerprint density at radius 2 is 1.72 bits per heavy atom. The minimum absolute atomic E-state index is 0.251. The van der Waals surface area contributed by atoms with Crippen LogP contribution in [0.5, 0.6) is 17.2 Å². The molecule has 0 fully saturated rings. The van der Waals surface area contributed by atoms with Crippen LogP contribution < -0.4 is 14.2 Å². The summed E-state index contributed by atoms with van der Waals surface area (Å²) >= 11 is 0. The SMILES string of the molecule is COc1ccc(OC)c(CN2CCc3nc(-c4ccc(OC(F)(F)F)cc4)n(C)c3C2)c1. The lowest BCUT2D eigenvalue weighted by Gasteiger charge is -2.27. The van der Waals surface area contributed by atoms with Crippen LogP contribution in [0.4, 0.5) is 13.2 Å². The Hall–Kier alpha value is -3.20. The average molecular weight is 447 g/mol. The monoisotopic (exact) mass is 447 g/mol. The van der Waals surface area contributed by atoms with E-state index < -0.39 is 6.36 Å². The predicted octanol–water partition coefficient (Wildman–Crippen LogP) is 4.56. The van der Waals surface area contributed by atoms with Crippen molar-refractivity contribution >= 4 is 0 Å². The first kappa shape index (κ1) is 22.0. The van der Waals surface area contributed by atoms with Gasteiger partial charge in [-0.25, -0.2) is 4.98 Å². The zero-order chi connectivity index (χ0) is 22.9. The van der Waals surface area contributed by atoms with Crippen LogP contribution in [0.1, 0.15) is 17.0 Å². The summed E-state index contributed by atoms with van der Waals surface area (Å²) in [5, 5.41) is 0. The summed E-state index contributed by atoms with van der Waals surface area (Å²) in [6, 6.07) is 11.5. The second-order valence-electron chi connectivity index (χ2n) is 7.60. The summed E-state index contributed by atoms with van der Waals surface area (Å²) in [5.41, 5.74) is 3.87. The normalized spacial score (nSPS) is 14.2. The highest BCUT2D eigenvalue weighted by Gasteiger charge is 2.31. The molecule has 1 aliphatic rings. The number of rotatable bonds is 6. The lowest BCUT2D eigenvalue weighted by molar-refractivity contribution is -0.274. The molecule has 0 aliphatic carbocycles. The molecule has 4 rings (SSSR count). The van der Waals surface area contributed by atoms with Gasteiger partial charge in [-0.3, -0.25) is 4.90 Å². The van der Waals surface area contributed by atoms with E-state index in [0.717, 1.165) is 52.8 Å². The number of hydrogen-bond donors (Lipinski definition) is 0. The standard InChI is InChI=1S/C23H24F3N3O3/c1-28-20-14-29(13-16-12-18(30-2)8-9-21(16)31-3)11-10-19(20)27-22(28)15-4-6-17(7-5-15)32-23(24,25)26/h4-9,12H,10-11,13-14H2,1-3H3. The fourth-order valence-corrected chi connectivity index (χ4v) is 3.99. The first-order valence-corrected chi connectivity index (χ1v) is 10.1. The number of methoxy groups -OCH3 is 2. The molecule has 2 aromatic carbocycles. The van der Waals surface area contributed by atoms with Gasteiger partial charge < -0.3 is 18.8 Å². The molecule has 3 aromatic rings. The van der Waals surface area contributed by atoms with Gasteiger partial charge in [0.25, 0.3) is 0 Å². The van der Waals surface area contributed by atoms with Crippen LogP contribution in [-0.2, 0) is 26.6 Å². The van der Waals surface area contributed by atoms with E-state index in [1.54, 1.807) is 26.4 Å². The number of fused-ring (bicyclic) bond motifs is 1. The maximum atomic E-state index is 12.4. The Bertz CT molecular complexity index is 1090. The lowest BCUT2D eigenvalue weighted by Crippen LogP contribution is -2.31. The maximum absolute atomic E-state index is 12.4. The summed E-state index contributed by atoms with van der Waals surface area (Å²) in [5.74, 6) is 2.05. The number of aromatic nitrogens is 2. The maximum Gasteiger partial charge on any atom is 0.573 e. The molecule has 0 bridgehead atoms. The lowest BCUT2D eigenvalue weighted by atomic mass is 10.1. The Morgan fingerprint density at radius 1 is 1.00 bits per heavy atom. The first-order valence-electron chi connectivity index (χ1n) is 10.1. The molecule has 0 saturated heterocycles. The van der Waals surface area contributed by atoms with Gasteiger partial charge in [0.2, 0.25) is 0 Å². The molecular formula is C23H24F3N3O3. The Balaban J connectivity index is 1.53. The summed E-state index contributed by atoms with van der Waals surface area (Å²) in [6.45, 7) is 2.24. The van der Waals surface area contributed by atoms with Gasteiger partial charge in [0, 0.05) is 44.2 Å². The van der Waals surface area contributed by atoms with Gasteiger partial charge in [-0.05, 0) is 42.5 Å². The molecule has 0 unspecified atom stereocenters. The van der Waals surface area contributed by atoms with E-state index in [1.807, 2.05) is 29.8 Å². The predicted molar refractivity (Wildman–Crippen MR) is 113 cm³/mol. The fraction of sp³-hybridized carbons (Fsp3) is 0.348. The molecule has 6 nitrogen and oxygen atoms in total. The van der Waals surface area contributed by atoms with Crippen molar-refractivity contribution in [3.8, 4) is 28.6 Å². The van der Waals surface area contributed by atoms with Crippen molar-refractivity contribution in [2.24, 2.45) is 7.05 Å². The van der Waals surface area contributed by atoms with Crippen LogP contribution >= 0.6 is 0 Å². The third kappa shape index (κ3) is 4.67. The minimum Gasteiger partial charge on any atom is -0.497 e. The molecule has 0 N–H and O–H groups in total. The second kappa shape index (κ2) is 8.74. The van der Waals surface area contributed by atoms with Crippen molar-refractivity contribution in [3.05, 3.63) is 59.4 Å². The van der Waals surface area contributed by atoms with Crippen LogP contribution in [0.2, 0.25) is 0 Å². The van der Waals surface area contributed by atoms with E-state index >= 15 is 0 Å². The van der Waals surface area contributed by atoms with E-state index in [0.29, 0.717) is 13.1 Å². The molecule has 32 heavy (non-hydrogen) atoms. The van der Waals surface area contributed by atoms with Crippen LogP contribution in [0.25, 0.3) is 11.4 Å². The van der Waals surface area contributed by atoms with Crippen LogP contribution in [0.3, 0.4) is 0 Å².